The smallest absolute Gasteiger partial charge is 0.0595 e. The Bertz CT molecular complexity index is 779. The third-order valence-electron chi connectivity index (χ3n) is 5.20. The highest BCUT2D eigenvalue weighted by molar-refractivity contribution is 9.10. The van der Waals surface area contributed by atoms with Gasteiger partial charge in [0.15, 0.2) is 0 Å². The summed E-state index contributed by atoms with van der Waals surface area (Å²) in [6.45, 7) is 5.72. The zero-order chi connectivity index (χ0) is 18.7. The topological polar surface area (TPSA) is 12.0 Å². The van der Waals surface area contributed by atoms with E-state index in [0.29, 0.717) is 16.0 Å². The quantitative estimate of drug-likeness (QED) is 0.340. The van der Waals surface area contributed by atoms with Gasteiger partial charge in [0.05, 0.1) is 10.0 Å². The Balaban J connectivity index is 1.53. The van der Waals surface area contributed by atoms with Crippen LogP contribution in [0.5, 0.6) is 0 Å². The molecule has 0 spiro atoms. The second kappa shape index (κ2) is 8.87. The van der Waals surface area contributed by atoms with Gasteiger partial charge in [0.1, 0.15) is 0 Å². The number of hydrogen-bond donors (Lipinski definition) is 1. The van der Waals surface area contributed by atoms with E-state index in [0.717, 1.165) is 18.7 Å². The third kappa shape index (κ3) is 4.80. The molecule has 1 atom stereocenters. The highest BCUT2D eigenvalue weighted by atomic mass is 79.9. The van der Waals surface area contributed by atoms with Gasteiger partial charge in [-0.05, 0) is 65.5 Å². The van der Waals surface area contributed by atoms with E-state index in [1.54, 1.807) is 11.9 Å². The molecule has 2 aromatic rings. The Labute approximate surface area is 179 Å². The minimum Gasteiger partial charge on any atom is -0.264 e. The van der Waals surface area contributed by atoms with E-state index in [1.165, 1.54) is 34.0 Å². The summed E-state index contributed by atoms with van der Waals surface area (Å²) in [5, 5.41) is 1.23. The molecule has 1 nitrogen and oxygen atoms in total. The van der Waals surface area contributed by atoms with Crippen LogP contribution < -0.4 is 4.72 Å². The second-order valence-corrected chi connectivity index (χ2v) is 10.1. The Morgan fingerprint density at radius 3 is 2.77 bits per heavy atom. The van der Waals surface area contributed by atoms with Crippen molar-refractivity contribution in [3.8, 4) is 0 Å². The summed E-state index contributed by atoms with van der Waals surface area (Å²) < 4.78 is 4.77. The van der Waals surface area contributed by atoms with Crippen LogP contribution in [0.2, 0.25) is 10.0 Å². The fourth-order valence-electron chi connectivity index (χ4n) is 3.78. The zero-order valence-electron chi connectivity index (χ0n) is 15.1. The Morgan fingerprint density at radius 2 is 2.00 bits per heavy atom. The van der Waals surface area contributed by atoms with Gasteiger partial charge in [-0.15, -0.1) is 0 Å². The van der Waals surface area contributed by atoms with Crippen molar-refractivity contribution in [2.24, 2.45) is 0 Å². The summed E-state index contributed by atoms with van der Waals surface area (Å²) in [5.41, 5.74) is 4.46. The lowest BCUT2D eigenvalue weighted by molar-refractivity contribution is 0.381. The van der Waals surface area contributed by atoms with Crippen LogP contribution in [-0.2, 0) is 11.2 Å². The lowest BCUT2D eigenvalue weighted by Gasteiger charge is -2.38. The summed E-state index contributed by atoms with van der Waals surface area (Å²) in [6.07, 6.45) is 3.66. The number of nitrogens with one attached hydrogen (secondary N) is 1. The van der Waals surface area contributed by atoms with E-state index < -0.39 is 0 Å². The maximum Gasteiger partial charge on any atom is 0.0595 e. The van der Waals surface area contributed by atoms with Crippen LogP contribution in [-0.4, -0.2) is 6.54 Å². The molecule has 0 saturated heterocycles. The summed E-state index contributed by atoms with van der Waals surface area (Å²) >= 11 is 17.5. The first-order valence-corrected chi connectivity index (χ1v) is 11.5. The molecular weight excluding hydrogens is 449 g/mol. The van der Waals surface area contributed by atoms with Crippen LogP contribution >= 0.6 is 51.1 Å². The molecule has 0 bridgehead atoms. The van der Waals surface area contributed by atoms with Crippen LogP contribution in [0.4, 0.5) is 0 Å². The first-order chi connectivity index (χ1) is 12.4. The summed E-state index contributed by atoms with van der Waals surface area (Å²) in [6, 6.07) is 12.5. The van der Waals surface area contributed by atoms with E-state index in [-0.39, 0.29) is 5.41 Å². The third-order valence-corrected chi connectivity index (χ3v) is 7.49. The monoisotopic (exact) mass is 471 g/mol. The Hall–Kier alpha value is -0.190. The van der Waals surface area contributed by atoms with Gasteiger partial charge < -0.3 is 0 Å². The SMILES string of the molecule is CC1(C)CCC(CCNSCc2ccc(Cl)c(Cl)c2)c2cccc(Br)c21. The van der Waals surface area contributed by atoms with Gasteiger partial charge in [-0.2, -0.15) is 0 Å². The molecule has 0 radical (unpaired) electrons. The van der Waals surface area contributed by atoms with Gasteiger partial charge in [0.2, 0.25) is 0 Å². The van der Waals surface area contributed by atoms with Gasteiger partial charge in [-0.3, -0.25) is 4.72 Å². The Kier molecular flexibility index (Phi) is 7.01. The van der Waals surface area contributed by atoms with Crippen molar-refractivity contribution in [2.45, 2.75) is 50.2 Å². The number of hydrogen-bond acceptors (Lipinski definition) is 2. The summed E-state index contributed by atoms with van der Waals surface area (Å²) in [5.74, 6) is 1.52. The normalized spacial score (nSPS) is 18.6. The lowest BCUT2D eigenvalue weighted by Crippen LogP contribution is -2.28. The highest BCUT2D eigenvalue weighted by Crippen LogP contribution is 2.46. The fourth-order valence-corrected chi connectivity index (χ4v) is 5.73. The predicted octanol–water partition coefficient (Wildman–Crippen LogP) is 7.74. The van der Waals surface area contributed by atoms with Crippen molar-refractivity contribution in [2.75, 3.05) is 6.54 Å². The average Bonchev–Trinajstić information content (AvgIpc) is 2.59. The molecule has 0 aromatic heterocycles. The Morgan fingerprint density at radius 1 is 1.19 bits per heavy atom. The summed E-state index contributed by atoms with van der Waals surface area (Å²) in [7, 11) is 0. The molecule has 3 rings (SSSR count). The number of halogens is 3. The fraction of sp³-hybridized carbons (Fsp3) is 0.429. The molecule has 1 aliphatic rings. The molecule has 0 saturated carbocycles. The first kappa shape index (κ1) is 20.5. The number of fused-ring (bicyclic) bond motifs is 1. The minimum absolute atomic E-state index is 0.252. The largest absolute Gasteiger partial charge is 0.264 e. The van der Waals surface area contributed by atoms with Gasteiger partial charge in [0.25, 0.3) is 0 Å². The van der Waals surface area contributed by atoms with Gasteiger partial charge in [-0.1, -0.05) is 83.1 Å². The van der Waals surface area contributed by atoms with Gasteiger partial charge >= 0.3 is 0 Å². The van der Waals surface area contributed by atoms with Crippen molar-refractivity contribution in [1.29, 1.82) is 0 Å². The van der Waals surface area contributed by atoms with E-state index >= 15 is 0 Å². The zero-order valence-corrected chi connectivity index (χ0v) is 19.0. The van der Waals surface area contributed by atoms with Crippen LogP contribution in [0.3, 0.4) is 0 Å². The van der Waals surface area contributed by atoms with Crippen molar-refractivity contribution in [1.82, 2.24) is 4.72 Å². The summed E-state index contributed by atoms with van der Waals surface area (Å²) in [4.78, 5) is 0. The van der Waals surface area contributed by atoms with E-state index in [9.17, 15) is 0 Å². The molecule has 0 heterocycles. The lowest BCUT2D eigenvalue weighted by atomic mass is 9.68. The van der Waals surface area contributed by atoms with E-state index in [4.69, 9.17) is 23.2 Å². The molecule has 0 fully saturated rings. The average molecular weight is 473 g/mol. The molecule has 0 aliphatic heterocycles. The van der Waals surface area contributed by atoms with E-state index in [1.807, 2.05) is 18.2 Å². The van der Waals surface area contributed by atoms with Gasteiger partial charge in [0, 0.05) is 16.8 Å². The maximum atomic E-state index is 6.07. The van der Waals surface area contributed by atoms with E-state index in [2.05, 4.69) is 52.7 Å². The standard InChI is InChI=1S/C21H24BrCl2NS/c1-21(2)10-8-15(16-4-3-5-17(22)20(16)21)9-11-25-26-13-14-6-7-18(23)19(24)12-14/h3-7,12,15,25H,8-11,13H2,1-2H3. The molecule has 26 heavy (non-hydrogen) atoms. The molecular formula is C21H24BrCl2NS. The number of rotatable bonds is 6. The molecule has 2 aromatic carbocycles. The molecule has 0 amide bonds. The first-order valence-electron chi connectivity index (χ1n) is 8.96. The predicted molar refractivity (Wildman–Crippen MR) is 120 cm³/mol. The molecule has 1 unspecified atom stereocenters. The molecule has 140 valence electrons. The van der Waals surface area contributed by atoms with Crippen molar-refractivity contribution >= 4 is 51.1 Å². The van der Waals surface area contributed by atoms with Gasteiger partial charge in [-0.25, -0.2) is 0 Å². The maximum absolute atomic E-state index is 6.07. The second-order valence-electron chi connectivity index (χ2n) is 7.54. The van der Waals surface area contributed by atoms with Crippen LogP contribution in [0, 0.1) is 0 Å². The highest BCUT2D eigenvalue weighted by Gasteiger charge is 2.33. The van der Waals surface area contributed by atoms with Crippen molar-refractivity contribution in [3.63, 3.8) is 0 Å². The number of benzene rings is 2. The molecule has 5 heteroatoms. The molecule has 1 aliphatic carbocycles. The molecule has 1 N–H and O–H groups in total. The van der Waals surface area contributed by atoms with Crippen molar-refractivity contribution in [3.05, 3.63) is 67.6 Å². The van der Waals surface area contributed by atoms with Crippen LogP contribution in [0.25, 0.3) is 0 Å². The van der Waals surface area contributed by atoms with Crippen molar-refractivity contribution < 1.29 is 0 Å². The minimum atomic E-state index is 0.252. The van der Waals surface area contributed by atoms with Crippen LogP contribution in [0.1, 0.15) is 55.7 Å². The van der Waals surface area contributed by atoms with Crippen LogP contribution in [0.15, 0.2) is 40.9 Å².